The minimum atomic E-state index is -4.65. The fourth-order valence-electron chi connectivity index (χ4n) is 1.99. The molecular formula is C18H26F3IN4O4S. The third-order valence-electron chi connectivity index (χ3n) is 3.95. The molecule has 1 aliphatic heterocycles. The SMILES string of the molecule is CC(C)(C)C(=O)NN.CC(C)(OC(=O)Nc1ccc2c(c1)N(SI)CCO2)C(F)(F)F. The van der Waals surface area contributed by atoms with Crippen molar-refractivity contribution < 1.29 is 32.2 Å². The van der Waals surface area contributed by atoms with Crippen molar-refractivity contribution in [2.75, 3.05) is 22.8 Å². The minimum absolute atomic E-state index is 0.141. The van der Waals surface area contributed by atoms with Crippen LogP contribution in [0.5, 0.6) is 5.75 Å². The zero-order valence-corrected chi connectivity index (χ0v) is 20.7. The van der Waals surface area contributed by atoms with Gasteiger partial charge in [-0.15, -0.1) is 0 Å². The molecule has 0 saturated carbocycles. The van der Waals surface area contributed by atoms with Gasteiger partial charge in [0.2, 0.25) is 11.5 Å². The number of nitrogens with two attached hydrogens (primary N) is 1. The van der Waals surface area contributed by atoms with Crippen LogP contribution in [0.25, 0.3) is 0 Å². The van der Waals surface area contributed by atoms with E-state index in [1.54, 1.807) is 39.0 Å². The maximum absolute atomic E-state index is 12.7. The van der Waals surface area contributed by atoms with Gasteiger partial charge in [0.15, 0.2) is 0 Å². The summed E-state index contributed by atoms with van der Waals surface area (Å²) in [7, 11) is 1.46. The number of benzene rings is 1. The number of hydrazine groups is 1. The number of alkyl halides is 3. The lowest BCUT2D eigenvalue weighted by molar-refractivity contribution is -0.242. The molecule has 1 heterocycles. The molecule has 1 aromatic rings. The Morgan fingerprint density at radius 1 is 1.23 bits per heavy atom. The summed E-state index contributed by atoms with van der Waals surface area (Å²) in [6.45, 7) is 8.19. The first kappa shape index (κ1) is 27.4. The van der Waals surface area contributed by atoms with Crippen LogP contribution in [-0.4, -0.2) is 36.9 Å². The molecule has 0 aliphatic carbocycles. The molecule has 0 aromatic heterocycles. The van der Waals surface area contributed by atoms with Crippen molar-refractivity contribution in [2.24, 2.45) is 11.3 Å². The average Bonchev–Trinajstić information content (AvgIpc) is 2.65. The van der Waals surface area contributed by atoms with E-state index in [1.165, 1.54) is 9.12 Å². The molecule has 2 amide bonds. The fraction of sp³-hybridized carbons (Fsp3) is 0.556. The Morgan fingerprint density at radius 3 is 2.29 bits per heavy atom. The van der Waals surface area contributed by atoms with E-state index in [2.05, 4.69) is 36.7 Å². The summed E-state index contributed by atoms with van der Waals surface area (Å²) in [5.74, 6) is 5.37. The van der Waals surface area contributed by atoms with Gasteiger partial charge in [0.05, 0.1) is 12.2 Å². The topological polar surface area (TPSA) is 106 Å². The number of rotatable bonds is 3. The van der Waals surface area contributed by atoms with E-state index >= 15 is 0 Å². The molecule has 0 bridgehead atoms. The van der Waals surface area contributed by atoms with Gasteiger partial charge in [-0.1, -0.05) is 20.8 Å². The lowest BCUT2D eigenvalue weighted by Crippen LogP contribution is -2.44. The third kappa shape index (κ3) is 8.11. The summed E-state index contributed by atoms with van der Waals surface area (Å²) in [6, 6.07) is 4.82. The first-order chi connectivity index (χ1) is 14.1. The van der Waals surface area contributed by atoms with Crippen molar-refractivity contribution in [1.82, 2.24) is 5.43 Å². The second-order valence-corrected chi connectivity index (χ2v) is 9.71. The number of fused-ring (bicyclic) bond motifs is 1. The Kier molecular flexibility index (Phi) is 9.56. The molecular weight excluding hydrogens is 552 g/mol. The number of nitrogens with one attached hydrogen (secondary N) is 2. The van der Waals surface area contributed by atoms with Crippen LogP contribution in [0, 0.1) is 5.41 Å². The van der Waals surface area contributed by atoms with Crippen molar-refractivity contribution in [2.45, 2.75) is 46.4 Å². The van der Waals surface area contributed by atoms with Crippen LogP contribution in [-0.2, 0) is 9.53 Å². The van der Waals surface area contributed by atoms with Gasteiger partial charge < -0.3 is 13.8 Å². The van der Waals surface area contributed by atoms with Gasteiger partial charge in [-0.2, -0.15) is 13.2 Å². The van der Waals surface area contributed by atoms with Crippen LogP contribution in [0.15, 0.2) is 18.2 Å². The monoisotopic (exact) mass is 578 g/mol. The molecule has 2 rings (SSSR count). The van der Waals surface area contributed by atoms with Crippen molar-refractivity contribution in [3.05, 3.63) is 18.2 Å². The van der Waals surface area contributed by atoms with Gasteiger partial charge in [-0.05, 0) is 32.0 Å². The number of ether oxygens (including phenoxy) is 2. The quantitative estimate of drug-likeness (QED) is 0.156. The van der Waals surface area contributed by atoms with E-state index in [0.717, 1.165) is 19.5 Å². The molecule has 8 nitrogen and oxygen atoms in total. The Bertz CT molecular complexity index is 788. The lowest BCUT2D eigenvalue weighted by Gasteiger charge is -2.29. The number of nitrogens with zero attached hydrogens (tertiary/aromatic N) is 1. The third-order valence-corrected chi connectivity index (χ3v) is 5.92. The summed E-state index contributed by atoms with van der Waals surface area (Å²) in [4.78, 5) is 22.3. The number of halogens is 4. The van der Waals surface area contributed by atoms with Gasteiger partial charge in [0.25, 0.3) is 0 Å². The first-order valence-electron chi connectivity index (χ1n) is 9.03. The number of carbonyl (C=O) groups excluding carboxylic acids is 2. The molecule has 0 saturated heterocycles. The van der Waals surface area contributed by atoms with E-state index in [9.17, 15) is 22.8 Å². The molecule has 0 unspecified atom stereocenters. The molecule has 4 N–H and O–H groups in total. The highest BCUT2D eigenvalue weighted by atomic mass is 127. The maximum Gasteiger partial charge on any atom is 0.427 e. The number of amides is 2. The van der Waals surface area contributed by atoms with E-state index in [0.29, 0.717) is 24.6 Å². The number of hydrogen-bond donors (Lipinski definition) is 3. The number of anilines is 2. The standard InChI is InChI=1S/C13H14F3IN2O3S.C5H12N2O/c1-12(2,13(14,15)16)22-11(20)18-8-3-4-10-9(7-8)19(23-17)5-6-21-10;1-5(2,3)4(8)7-6/h3-4,7H,5-6H2,1-2H3,(H,18,20);6H2,1-3H3,(H,7,8). The van der Waals surface area contributed by atoms with Crippen molar-refractivity contribution in [3.8, 4) is 5.75 Å². The summed E-state index contributed by atoms with van der Waals surface area (Å²) < 4.78 is 50.1. The van der Waals surface area contributed by atoms with Gasteiger partial charge >= 0.3 is 12.3 Å². The molecule has 0 fully saturated rings. The van der Waals surface area contributed by atoms with Crippen LogP contribution in [0.2, 0.25) is 0 Å². The largest absolute Gasteiger partial charge is 0.489 e. The zero-order valence-electron chi connectivity index (χ0n) is 17.7. The van der Waals surface area contributed by atoms with Crippen LogP contribution in [0.4, 0.5) is 29.3 Å². The summed E-state index contributed by atoms with van der Waals surface area (Å²) in [6.07, 6.45) is -5.82. The van der Waals surface area contributed by atoms with Crippen LogP contribution in [0.1, 0.15) is 34.6 Å². The smallest absolute Gasteiger partial charge is 0.427 e. The maximum atomic E-state index is 12.7. The Labute approximate surface area is 195 Å². The van der Waals surface area contributed by atoms with E-state index in [4.69, 9.17) is 10.6 Å². The van der Waals surface area contributed by atoms with E-state index in [1.807, 2.05) is 4.31 Å². The van der Waals surface area contributed by atoms with E-state index in [-0.39, 0.29) is 11.3 Å². The Balaban J connectivity index is 0.000000512. The molecule has 1 aromatic carbocycles. The lowest BCUT2D eigenvalue weighted by atomic mass is 9.96. The van der Waals surface area contributed by atoms with Crippen LogP contribution < -0.4 is 25.6 Å². The molecule has 1 aliphatic rings. The first-order valence-corrected chi connectivity index (χ1v) is 12.3. The molecule has 176 valence electrons. The number of carbonyl (C=O) groups is 2. The van der Waals surface area contributed by atoms with Crippen molar-refractivity contribution >= 4 is 53.7 Å². The second kappa shape index (κ2) is 10.8. The Hall–Kier alpha value is -1.61. The molecule has 0 atom stereocenters. The van der Waals surface area contributed by atoms with Gasteiger partial charge in [-0.25, -0.2) is 10.6 Å². The van der Waals surface area contributed by atoms with Crippen LogP contribution >= 0.6 is 30.3 Å². The van der Waals surface area contributed by atoms with Gasteiger partial charge in [-0.3, -0.25) is 15.5 Å². The molecule has 0 spiro atoms. The average molecular weight is 578 g/mol. The van der Waals surface area contributed by atoms with Crippen molar-refractivity contribution in [3.63, 3.8) is 0 Å². The van der Waals surface area contributed by atoms with Crippen LogP contribution in [0.3, 0.4) is 0 Å². The summed E-state index contributed by atoms with van der Waals surface area (Å²) in [5.41, 5.74) is 0.195. The predicted octanol–water partition coefficient (Wildman–Crippen LogP) is 4.80. The highest BCUT2D eigenvalue weighted by Gasteiger charge is 2.51. The van der Waals surface area contributed by atoms with Crippen molar-refractivity contribution in [1.29, 1.82) is 0 Å². The minimum Gasteiger partial charge on any atom is -0.489 e. The predicted molar refractivity (Wildman–Crippen MR) is 123 cm³/mol. The van der Waals surface area contributed by atoms with Gasteiger partial charge in [0.1, 0.15) is 12.4 Å². The highest BCUT2D eigenvalue weighted by Crippen LogP contribution is 2.39. The Morgan fingerprint density at radius 2 is 1.84 bits per heavy atom. The number of hydrogen-bond acceptors (Lipinski definition) is 7. The van der Waals surface area contributed by atoms with E-state index < -0.39 is 17.9 Å². The summed E-state index contributed by atoms with van der Waals surface area (Å²) in [5, 5.41) is 2.31. The normalized spacial score (nSPS) is 13.8. The molecule has 31 heavy (non-hydrogen) atoms. The molecule has 0 radical (unpaired) electrons. The van der Waals surface area contributed by atoms with Gasteiger partial charge in [0, 0.05) is 41.4 Å². The summed E-state index contributed by atoms with van der Waals surface area (Å²) >= 11 is 2.12. The zero-order chi connectivity index (χ0) is 24.0. The second-order valence-electron chi connectivity index (χ2n) is 7.95. The fourth-order valence-corrected chi connectivity index (χ4v) is 3.58. The molecule has 13 heteroatoms. The highest BCUT2D eigenvalue weighted by molar-refractivity contribution is 14.2.